The molecule has 0 radical (unpaired) electrons. The molecular formula is C12H10N4OS. The third kappa shape index (κ3) is 1.76. The topological polar surface area (TPSA) is 73.9 Å². The van der Waals surface area contributed by atoms with Gasteiger partial charge < -0.3 is 10.5 Å². The first-order valence-electron chi connectivity index (χ1n) is 5.29. The fourth-order valence-electron chi connectivity index (χ4n) is 1.65. The minimum Gasteiger partial charge on any atom is -0.497 e. The summed E-state index contributed by atoms with van der Waals surface area (Å²) in [5.41, 5.74) is 8.15. The van der Waals surface area contributed by atoms with E-state index in [1.165, 1.54) is 11.3 Å². The lowest BCUT2D eigenvalue weighted by Gasteiger charge is -2.04. The Morgan fingerprint density at radius 1 is 1.22 bits per heavy atom. The van der Waals surface area contributed by atoms with Crippen molar-refractivity contribution in [3.63, 3.8) is 0 Å². The van der Waals surface area contributed by atoms with Crippen molar-refractivity contribution in [2.75, 3.05) is 12.8 Å². The Bertz CT molecular complexity index is 677. The standard InChI is InChI=1S/C12H10N4OS/c1-17-7-2-3-8(9(13)6-7)11-16-10-12(18-11)15-5-4-14-10/h2-6H,13H2,1H3. The first-order chi connectivity index (χ1) is 8.78. The second-order valence-corrected chi connectivity index (χ2v) is 4.63. The molecule has 0 spiro atoms. The molecule has 2 heterocycles. The third-order valence-corrected chi connectivity index (χ3v) is 3.52. The zero-order valence-corrected chi connectivity index (χ0v) is 10.4. The predicted molar refractivity (Wildman–Crippen MR) is 71.6 cm³/mol. The number of rotatable bonds is 2. The Labute approximate surface area is 107 Å². The van der Waals surface area contributed by atoms with Crippen molar-refractivity contribution >= 4 is 27.5 Å². The maximum atomic E-state index is 6.00. The van der Waals surface area contributed by atoms with E-state index in [1.54, 1.807) is 25.6 Å². The van der Waals surface area contributed by atoms with Crippen LogP contribution in [0.5, 0.6) is 5.75 Å². The maximum Gasteiger partial charge on any atom is 0.190 e. The number of anilines is 1. The van der Waals surface area contributed by atoms with Gasteiger partial charge in [0.25, 0.3) is 0 Å². The fourth-order valence-corrected chi connectivity index (χ4v) is 2.57. The molecule has 5 nitrogen and oxygen atoms in total. The molecule has 0 unspecified atom stereocenters. The number of nitrogen functional groups attached to an aromatic ring is 1. The zero-order valence-electron chi connectivity index (χ0n) is 9.62. The summed E-state index contributed by atoms with van der Waals surface area (Å²) in [5, 5.41) is 0.816. The van der Waals surface area contributed by atoms with Crippen LogP contribution < -0.4 is 10.5 Å². The molecule has 2 aromatic heterocycles. The van der Waals surface area contributed by atoms with Gasteiger partial charge in [-0.1, -0.05) is 11.3 Å². The Morgan fingerprint density at radius 2 is 2.06 bits per heavy atom. The largest absolute Gasteiger partial charge is 0.497 e. The molecule has 0 saturated heterocycles. The summed E-state index contributed by atoms with van der Waals surface area (Å²) in [4.78, 5) is 13.6. The molecule has 90 valence electrons. The van der Waals surface area contributed by atoms with E-state index in [9.17, 15) is 0 Å². The van der Waals surface area contributed by atoms with Gasteiger partial charge in [-0.3, -0.25) is 0 Å². The second-order valence-electron chi connectivity index (χ2n) is 3.66. The number of nitrogens with two attached hydrogens (primary N) is 1. The van der Waals surface area contributed by atoms with Crippen LogP contribution in [-0.4, -0.2) is 22.1 Å². The molecule has 0 aliphatic heterocycles. The highest BCUT2D eigenvalue weighted by Gasteiger charge is 2.11. The van der Waals surface area contributed by atoms with Crippen molar-refractivity contribution in [3.8, 4) is 16.3 Å². The fraction of sp³-hybridized carbons (Fsp3) is 0.0833. The van der Waals surface area contributed by atoms with Gasteiger partial charge in [0.05, 0.1) is 7.11 Å². The highest BCUT2D eigenvalue weighted by atomic mass is 32.1. The maximum absolute atomic E-state index is 6.00. The average molecular weight is 258 g/mol. The molecular weight excluding hydrogens is 248 g/mol. The molecule has 0 aliphatic rings. The first kappa shape index (κ1) is 10.9. The lowest BCUT2D eigenvalue weighted by molar-refractivity contribution is 0.415. The van der Waals surface area contributed by atoms with Gasteiger partial charge in [-0.05, 0) is 12.1 Å². The molecule has 2 N–H and O–H groups in total. The number of hydrogen-bond donors (Lipinski definition) is 1. The number of thiazole rings is 1. The molecule has 1 aromatic carbocycles. The van der Waals surface area contributed by atoms with Crippen LogP contribution in [0.4, 0.5) is 5.69 Å². The van der Waals surface area contributed by atoms with Crippen LogP contribution in [0.15, 0.2) is 30.6 Å². The number of aromatic nitrogens is 3. The van der Waals surface area contributed by atoms with E-state index in [2.05, 4.69) is 15.0 Å². The van der Waals surface area contributed by atoms with Crippen molar-refractivity contribution < 1.29 is 4.74 Å². The summed E-state index contributed by atoms with van der Waals surface area (Å²) in [7, 11) is 1.61. The van der Waals surface area contributed by atoms with Crippen LogP contribution in [0, 0.1) is 0 Å². The van der Waals surface area contributed by atoms with E-state index >= 15 is 0 Å². The normalized spacial score (nSPS) is 10.7. The Morgan fingerprint density at radius 3 is 2.78 bits per heavy atom. The summed E-state index contributed by atoms with van der Waals surface area (Å²) < 4.78 is 5.12. The number of methoxy groups -OCH3 is 1. The van der Waals surface area contributed by atoms with Gasteiger partial charge in [0.1, 0.15) is 10.8 Å². The number of benzene rings is 1. The van der Waals surface area contributed by atoms with E-state index in [0.717, 1.165) is 21.2 Å². The van der Waals surface area contributed by atoms with Crippen LogP contribution in [0.25, 0.3) is 21.0 Å². The quantitative estimate of drug-likeness (QED) is 0.714. The lowest BCUT2D eigenvalue weighted by atomic mass is 10.2. The number of ether oxygens (including phenoxy) is 1. The molecule has 0 aliphatic carbocycles. The molecule has 0 saturated carbocycles. The number of hydrogen-bond acceptors (Lipinski definition) is 6. The minimum atomic E-state index is 0.633. The number of fused-ring (bicyclic) bond motifs is 1. The van der Waals surface area contributed by atoms with E-state index in [1.807, 2.05) is 12.1 Å². The minimum absolute atomic E-state index is 0.633. The molecule has 3 rings (SSSR count). The lowest BCUT2D eigenvalue weighted by Crippen LogP contribution is -1.91. The van der Waals surface area contributed by atoms with E-state index in [4.69, 9.17) is 10.5 Å². The monoisotopic (exact) mass is 258 g/mol. The van der Waals surface area contributed by atoms with Gasteiger partial charge >= 0.3 is 0 Å². The summed E-state index contributed by atoms with van der Waals surface area (Å²) in [6.45, 7) is 0. The van der Waals surface area contributed by atoms with Crippen LogP contribution in [0.1, 0.15) is 0 Å². The van der Waals surface area contributed by atoms with Crippen molar-refractivity contribution in [1.82, 2.24) is 15.0 Å². The van der Waals surface area contributed by atoms with Crippen LogP contribution >= 0.6 is 11.3 Å². The number of nitrogens with zero attached hydrogens (tertiary/aromatic N) is 3. The smallest absolute Gasteiger partial charge is 0.190 e. The summed E-state index contributed by atoms with van der Waals surface area (Å²) in [6, 6.07) is 5.53. The average Bonchev–Trinajstić information content (AvgIpc) is 2.81. The Kier molecular flexibility index (Phi) is 2.56. The van der Waals surface area contributed by atoms with Gasteiger partial charge in [0.2, 0.25) is 0 Å². The van der Waals surface area contributed by atoms with Crippen molar-refractivity contribution in [2.24, 2.45) is 0 Å². The molecule has 0 bridgehead atoms. The van der Waals surface area contributed by atoms with Gasteiger partial charge in [-0.25, -0.2) is 15.0 Å². The summed E-state index contributed by atoms with van der Waals surface area (Å²) in [6.07, 6.45) is 3.28. The van der Waals surface area contributed by atoms with E-state index in [0.29, 0.717) is 11.3 Å². The van der Waals surface area contributed by atoms with E-state index in [-0.39, 0.29) is 0 Å². The zero-order chi connectivity index (χ0) is 12.5. The Balaban J connectivity index is 2.14. The molecule has 6 heteroatoms. The van der Waals surface area contributed by atoms with Gasteiger partial charge in [0.15, 0.2) is 10.5 Å². The van der Waals surface area contributed by atoms with Gasteiger partial charge in [-0.15, -0.1) is 0 Å². The van der Waals surface area contributed by atoms with Gasteiger partial charge in [-0.2, -0.15) is 0 Å². The van der Waals surface area contributed by atoms with E-state index < -0.39 is 0 Å². The molecule has 0 fully saturated rings. The van der Waals surface area contributed by atoms with Crippen LogP contribution in [0.2, 0.25) is 0 Å². The van der Waals surface area contributed by atoms with Crippen molar-refractivity contribution in [2.45, 2.75) is 0 Å². The van der Waals surface area contributed by atoms with Crippen molar-refractivity contribution in [1.29, 1.82) is 0 Å². The Hall–Kier alpha value is -2.21. The molecule has 18 heavy (non-hydrogen) atoms. The SMILES string of the molecule is COc1ccc(-c2nc3nccnc3s2)c(N)c1. The highest BCUT2D eigenvalue weighted by molar-refractivity contribution is 7.21. The summed E-state index contributed by atoms with van der Waals surface area (Å²) in [5.74, 6) is 0.730. The highest BCUT2D eigenvalue weighted by Crippen LogP contribution is 2.33. The molecule has 0 amide bonds. The molecule has 3 aromatic rings. The second kappa shape index (κ2) is 4.23. The molecule has 0 atom stereocenters. The van der Waals surface area contributed by atoms with Crippen LogP contribution in [0.3, 0.4) is 0 Å². The summed E-state index contributed by atoms with van der Waals surface area (Å²) >= 11 is 1.47. The van der Waals surface area contributed by atoms with Crippen LogP contribution in [-0.2, 0) is 0 Å². The predicted octanol–water partition coefficient (Wildman–Crippen LogP) is 2.34. The van der Waals surface area contributed by atoms with Gasteiger partial charge in [0, 0.05) is 29.7 Å². The third-order valence-electron chi connectivity index (χ3n) is 2.54. The first-order valence-corrected chi connectivity index (χ1v) is 6.11. The van der Waals surface area contributed by atoms with Crippen molar-refractivity contribution in [3.05, 3.63) is 30.6 Å².